The third-order valence-electron chi connectivity index (χ3n) is 5.86. The highest BCUT2D eigenvalue weighted by Gasteiger charge is 2.22. The average molecular weight is 449 g/mol. The van der Waals surface area contributed by atoms with Gasteiger partial charge in [-0.05, 0) is 41.9 Å². The van der Waals surface area contributed by atoms with E-state index in [1.165, 1.54) is 0 Å². The van der Waals surface area contributed by atoms with Gasteiger partial charge < -0.3 is 4.42 Å². The van der Waals surface area contributed by atoms with Crippen LogP contribution in [-0.2, 0) is 6.00 Å². The fourth-order valence-corrected chi connectivity index (χ4v) is 5.57. The van der Waals surface area contributed by atoms with Crippen molar-refractivity contribution in [3.8, 4) is 17.1 Å². The summed E-state index contributed by atoms with van der Waals surface area (Å²) in [6.07, 6.45) is 0. The van der Waals surface area contributed by atoms with Crippen LogP contribution in [0.15, 0.2) is 95.4 Å². The molecule has 0 bridgehead atoms. The minimum absolute atomic E-state index is 0.695. The molecule has 0 spiro atoms. The fourth-order valence-electron chi connectivity index (χ4n) is 4.55. The van der Waals surface area contributed by atoms with E-state index in [2.05, 4.69) is 36.3 Å². The predicted molar refractivity (Wildman–Crippen MR) is 141 cm³/mol. The van der Waals surface area contributed by atoms with Gasteiger partial charge in [0.25, 0.3) is 0 Å². The van der Waals surface area contributed by atoms with E-state index < -0.39 is 14.1 Å². The van der Waals surface area contributed by atoms with Gasteiger partial charge >= 0.3 is 0 Å². The highest BCUT2D eigenvalue weighted by atomic mass is 28.3. The van der Waals surface area contributed by atoms with Crippen LogP contribution in [0, 0.1) is 0 Å². The Hall–Kier alpha value is -3.63. The van der Waals surface area contributed by atoms with Crippen molar-refractivity contribution in [3.63, 3.8) is 0 Å². The number of hydrogen-bond acceptors (Lipinski definition) is 2. The highest BCUT2D eigenvalue weighted by Crippen LogP contribution is 2.38. The summed E-state index contributed by atoms with van der Waals surface area (Å²) < 4.78 is 26.7. The van der Waals surface area contributed by atoms with Gasteiger partial charge in [0.15, 0.2) is 0 Å². The molecule has 2 heterocycles. The number of fused-ring (bicyclic) bond motifs is 4. The molecule has 0 saturated heterocycles. The van der Waals surface area contributed by atoms with E-state index in [0.717, 1.165) is 50.0 Å². The molecule has 0 aliphatic rings. The van der Waals surface area contributed by atoms with E-state index in [9.17, 15) is 0 Å². The zero-order valence-corrected chi connectivity index (χ0v) is 20.0. The Morgan fingerprint density at radius 1 is 0.818 bits per heavy atom. The molecule has 3 nitrogen and oxygen atoms in total. The zero-order valence-electron chi connectivity index (χ0n) is 21.0. The summed E-state index contributed by atoms with van der Waals surface area (Å²) in [7, 11) is -2.22. The molecule has 0 aliphatic heterocycles. The van der Waals surface area contributed by atoms with E-state index in [4.69, 9.17) is 12.1 Å². The summed E-state index contributed by atoms with van der Waals surface area (Å²) in [5.41, 5.74) is 5.83. The maximum absolute atomic E-state index is 9.13. The lowest BCUT2D eigenvalue weighted by Gasteiger charge is -2.20. The Morgan fingerprint density at radius 2 is 1.55 bits per heavy atom. The maximum Gasteiger partial charge on any atom is 0.149 e. The molecule has 162 valence electrons. The van der Waals surface area contributed by atoms with Gasteiger partial charge in [-0.2, -0.15) is 0 Å². The summed E-state index contributed by atoms with van der Waals surface area (Å²) in [5, 5.41) is 2.12. The number of imidazole rings is 1. The molecule has 6 rings (SSSR count). The molecule has 2 aromatic heterocycles. The van der Waals surface area contributed by atoms with Crippen LogP contribution in [-0.4, -0.2) is 17.6 Å². The molecule has 0 N–H and O–H groups in total. The van der Waals surface area contributed by atoms with Crippen molar-refractivity contribution < 1.29 is 7.16 Å². The second kappa shape index (κ2) is 7.46. The normalized spacial score (nSPS) is 13.5. The number of hydrogen-bond donors (Lipinski definition) is 0. The van der Waals surface area contributed by atoms with Crippen molar-refractivity contribution in [3.05, 3.63) is 96.6 Å². The van der Waals surface area contributed by atoms with Gasteiger partial charge in [0.2, 0.25) is 0 Å². The molecule has 0 amide bonds. The molecule has 0 aliphatic carbocycles. The first kappa shape index (κ1) is 17.9. The first-order chi connectivity index (χ1) is 16.8. The number of nitrogens with zero attached hydrogens (tertiary/aromatic N) is 2. The Kier molecular flexibility index (Phi) is 4.04. The van der Waals surface area contributed by atoms with Crippen molar-refractivity contribution >= 4 is 41.0 Å². The average Bonchev–Trinajstić information content (AvgIpc) is 3.42. The third kappa shape index (κ3) is 3.38. The molecule has 0 unspecified atom stereocenters. The van der Waals surface area contributed by atoms with Crippen LogP contribution >= 0.6 is 0 Å². The van der Waals surface area contributed by atoms with Crippen molar-refractivity contribution in [2.75, 3.05) is 0 Å². The van der Waals surface area contributed by atoms with Crippen molar-refractivity contribution in [1.29, 1.82) is 0 Å². The number of para-hydroxylation sites is 5. The molecule has 6 aromatic rings. The van der Waals surface area contributed by atoms with E-state index in [1.54, 1.807) is 0 Å². The van der Waals surface area contributed by atoms with E-state index >= 15 is 0 Å². The Balaban J connectivity index is 1.72. The molecule has 33 heavy (non-hydrogen) atoms. The second-order valence-electron chi connectivity index (χ2n) is 9.43. The Bertz CT molecular complexity index is 1730. The summed E-state index contributed by atoms with van der Waals surface area (Å²) in [4.78, 5) is 5.06. The first-order valence-electron chi connectivity index (χ1n) is 12.3. The quantitative estimate of drug-likeness (QED) is 0.256. The van der Waals surface area contributed by atoms with Gasteiger partial charge in [0.05, 0.1) is 22.3 Å². The van der Waals surface area contributed by atoms with E-state index in [-0.39, 0.29) is 0 Å². The van der Waals surface area contributed by atoms with Crippen LogP contribution in [0.1, 0.15) is 8.30 Å². The largest absolute Gasteiger partial charge is 0.455 e. The van der Waals surface area contributed by atoms with Crippen LogP contribution in [0.2, 0.25) is 19.6 Å². The van der Waals surface area contributed by atoms with Gasteiger partial charge in [-0.15, -0.1) is 0 Å². The second-order valence-corrected chi connectivity index (χ2v) is 14.2. The van der Waals surface area contributed by atoms with Crippen LogP contribution in [0.5, 0.6) is 0 Å². The number of furan rings is 1. The lowest BCUT2D eigenvalue weighted by molar-refractivity contribution is 0.669. The zero-order chi connectivity index (χ0) is 24.4. The van der Waals surface area contributed by atoms with Crippen molar-refractivity contribution in [2.45, 2.75) is 25.6 Å². The summed E-state index contributed by atoms with van der Waals surface area (Å²) in [5.74, 6) is -0.688. The number of aromatic nitrogens is 2. The highest BCUT2D eigenvalue weighted by molar-refractivity contribution is 6.75. The molecule has 4 heteroatoms. The van der Waals surface area contributed by atoms with Crippen molar-refractivity contribution in [2.24, 2.45) is 0 Å². The van der Waals surface area contributed by atoms with Gasteiger partial charge in [-0.3, -0.25) is 4.57 Å². The SMILES string of the molecule is [2H]C([2H])(c1ccccc1-n1c(-c2cccc3c2oc2ccccc23)nc2ccccc21)[Si](C)(C)C. The Labute approximate surface area is 197 Å². The Morgan fingerprint density at radius 3 is 2.42 bits per heavy atom. The number of benzene rings is 4. The maximum atomic E-state index is 9.13. The molecule has 0 saturated carbocycles. The lowest BCUT2D eigenvalue weighted by Crippen LogP contribution is -2.24. The van der Waals surface area contributed by atoms with Crippen LogP contribution in [0.4, 0.5) is 0 Å². The monoisotopic (exact) mass is 448 g/mol. The molecular weight excluding hydrogens is 420 g/mol. The van der Waals surface area contributed by atoms with E-state index in [1.807, 2.05) is 78.9 Å². The molecule has 4 aromatic carbocycles. The lowest BCUT2D eigenvalue weighted by atomic mass is 10.1. The van der Waals surface area contributed by atoms with Gasteiger partial charge in [-0.1, -0.05) is 80.3 Å². The predicted octanol–water partition coefficient (Wildman–Crippen LogP) is 8.01. The van der Waals surface area contributed by atoms with Crippen LogP contribution in [0.3, 0.4) is 0 Å². The van der Waals surface area contributed by atoms with Gasteiger partial charge in [0, 0.05) is 21.6 Å². The van der Waals surface area contributed by atoms with Gasteiger partial charge in [0.1, 0.15) is 17.0 Å². The standard InChI is InChI=1S/C29H26N2OSi/c1-33(2,3)19-20-11-4-7-16-25(20)31-26-17-8-6-15-24(26)30-29(31)23-14-10-13-22-21-12-5-9-18-27(21)32-28(22)23/h4-18H,19H2,1-3H3/i19D2. The fraction of sp³-hybridized carbons (Fsp3) is 0.138. The minimum atomic E-state index is -2.22. The van der Waals surface area contributed by atoms with Crippen LogP contribution < -0.4 is 0 Å². The van der Waals surface area contributed by atoms with Gasteiger partial charge in [-0.25, -0.2) is 4.98 Å². The minimum Gasteiger partial charge on any atom is -0.455 e. The molecule has 0 atom stereocenters. The summed E-state index contributed by atoms with van der Waals surface area (Å²) in [6.45, 7) is 6.23. The molecular formula is C29H26N2OSi. The first-order valence-corrected chi connectivity index (χ1v) is 14.8. The van der Waals surface area contributed by atoms with E-state index in [0.29, 0.717) is 5.56 Å². The summed E-state index contributed by atoms with van der Waals surface area (Å²) in [6, 6.07) is 30.1. The van der Waals surface area contributed by atoms with Crippen LogP contribution in [0.25, 0.3) is 50.0 Å². The smallest absolute Gasteiger partial charge is 0.149 e. The third-order valence-corrected chi connectivity index (χ3v) is 6.88. The van der Waals surface area contributed by atoms with Crippen molar-refractivity contribution in [1.82, 2.24) is 9.55 Å². The molecule has 0 fully saturated rings. The number of rotatable bonds is 4. The topological polar surface area (TPSA) is 31.0 Å². The summed E-state index contributed by atoms with van der Waals surface area (Å²) >= 11 is 0. The molecule has 0 radical (unpaired) electrons.